The molecule has 82 valence electrons. The summed E-state index contributed by atoms with van der Waals surface area (Å²) < 4.78 is 26.9. The molecule has 1 aromatic carbocycles. The van der Waals surface area contributed by atoms with Gasteiger partial charge in [-0.25, -0.2) is 8.78 Å². The van der Waals surface area contributed by atoms with Gasteiger partial charge in [-0.2, -0.15) is 0 Å². The van der Waals surface area contributed by atoms with Crippen LogP contribution in [0.25, 0.3) is 0 Å². The average molecular weight is 276 g/mol. The molecule has 0 spiro atoms. The largest absolute Gasteiger partial charge is 0.314 e. The zero-order valence-corrected chi connectivity index (χ0v) is 9.78. The molecule has 1 nitrogen and oxygen atoms in total. The predicted molar refractivity (Wildman–Crippen MR) is 58.8 cm³/mol. The Kier molecular flexibility index (Phi) is 3.36. The third-order valence-electron chi connectivity index (χ3n) is 2.70. The molecular formula is C11H12BrF2N. The molecule has 1 aliphatic rings. The molecule has 1 atom stereocenters. The molecule has 1 aliphatic heterocycles. The van der Waals surface area contributed by atoms with E-state index < -0.39 is 5.82 Å². The van der Waals surface area contributed by atoms with Crippen LogP contribution in [0, 0.1) is 11.6 Å². The maximum absolute atomic E-state index is 13.6. The average Bonchev–Trinajstić information content (AvgIpc) is 2.66. The van der Waals surface area contributed by atoms with Crippen molar-refractivity contribution in [3.63, 3.8) is 0 Å². The van der Waals surface area contributed by atoms with E-state index in [1.54, 1.807) is 0 Å². The summed E-state index contributed by atoms with van der Waals surface area (Å²) in [5.41, 5.74) is 0.446. The minimum Gasteiger partial charge on any atom is -0.314 e. The molecule has 1 unspecified atom stereocenters. The molecule has 0 bridgehead atoms. The fourth-order valence-corrected chi connectivity index (χ4v) is 2.43. The second-order valence-corrected chi connectivity index (χ2v) is 4.71. The molecule has 1 aromatic rings. The van der Waals surface area contributed by atoms with Crippen LogP contribution in [0.4, 0.5) is 8.78 Å². The highest BCUT2D eigenvalue weighted by atomic mass is 79.9. The maximum atomic E-state index is 13.6. The topological polar surface area (TPSA) is 12.0 Å². The minimum atomic E-state index is -0.392. The van der Waals surface area contributed by atoms with Gasteiger partial charge < -0.3 is 5.32 Å². The van der Waals surface area contributed by atoms with Crippen molar-refractivity contribution in [1.82, 2.24) is 5.32 Å². The van der Waals surface area contributed by atoms with Crippen molar-refractivity contribution in [2.75, 3.05) is 6.54 Å². The molecule has 2 rings (SSSR count). The highest BCUT2D eigenvalue weighted by molar-refractivity contribution is 9.10. The Balaban J connectivity index is 2.19. The molecule has 1 heterocycles. The normalized spacial score (nSPS) is 20.9. The summed E-state index contributed by atoms with van der Waals surface area (Å²) in [7, 11) is 0. The molecule has 1 fully saturated rings. The van der Waals surface area contributed by atoms with Gasteiger partial charge >= 0.3 is 0 Å². The Morgan fingerprint density at radius 1 is 1.40 bits per heavy atom. The van der Waals surface area contributed by atoms with Crippen molar-refractivity contribution < 1.29 is 8.78 Å². The maximum Gasteiger partial charge on any atom is 0.140 e. The molecule has 1 N–H and O–H groups in total. The van der Waals surface area contributed by atoms with E-state index in [9.17, 15) is 8.78 Å². The number of benzene rings is 1. The smallest absolute Gasteiger partial charge is 0.140 e. The van der Waals surface area contributed by atoms with Gasteiger partial charge in [0.05, 0.1) is 4.47 Å². The van der Waals surface area contributed by atoms with E-state index >= 15 is 0 Å². The van der Waals surface area contributed by atoms with Crippen LogP contribution in [0.3, 0.4) is 0 Å². The Morgan fingerprint density at radius 3 is 2.87 bits per heavy atom. The first-order chi connectivity index (χ1) is 7.16. The molecule has 4 heteroatoms. The fraction of sp³-hybridized carbons (Fsp3) is 0.455. The zero-order valence-electron chi connectivity index (χ0n) is 8.19. The van der Waals surface area contributed by atoms with Crippen molar-refractivity contribution in [1.29, 1.82) is 0 Å². The van der Waals surface area contributed by atoms with Crippen molar-refractivity contribution in [2.45, 2.75) is 25.3 Å². The van der Waals surface area contributed by atoms with Gasteiger partial charge in [0.15, 0.2) is 0 Å². The van der Waals surface area contributed by atoms with Crippen molar-refractivity contribution in [3.05, 3.63) is 33.8 Å². The van der Waals surface area contributed by atoms with Crippen LogP contribution in [-0.2, 0) is 6.42 Å². The quantitative estimate of drug-likeness (QED) is 0.819. The number of nitrogens with one attached hydrogen (secondary N) is 1. The SMILES string of the molecule is Fc1cc(Br)c(F)c(CC2CCCN2)c1. The van der Waals surface area contributed by atoms with Crippen molar-refractivity contribution in [3.8, 4) is 0 Å². The molecule has 1 saturated heterocycles. The van der Waals surface area contributed by atoms with Crippen molar-refractivity contribution >= 4 is 15.9 Å². The van der Waals surface area contributed by atoms with Crippen LogP contribution in [0.2, 0.25) is 0 Å². The lowest BCUT2D eigenvalue weighted by Gasteiger charge is -2.11. The van der Waals surface area contributed by atoms with E-state index in [0.29, 0.717) is 12.0 Å². The second kappa shape index (κ2) is 4.58. The fourth-order valence-electron chi connectivity index (χ4n) is 1.95. The molecule has 0 radical (unpaired) electrons. The number of hydrogen-bond donors (Lipinski definition) is 1. The third kappa shape index (κ3) is 2.55. The van der Waals surface area contributed by atoms with Gasteiger partial charge in [0.1, 0.15) is 11.6 Å². The summed E-state index contributed by atoms with van der Waals surface area (Å²) >= 11 is 3.01. The van der Waals surface area contributed by atoms with Gasteiger partial charge in [-0.05, 0) is 59.4 Å². The number of rotatable bonds is 2. The second-order valence-electron chi connectivity index (χ2n) is 3.86. The number of hydrogen-bond acceptors (Lipinski definition) is 1. The first kappa shape index (κ1) is 11.0. The lowest BCUT2D eigenvalue weighted by molar-refractivity contribution is 0.545. The molecule has 0 aliphatic carbocycles. The minimum absolute atomic E-state index is 0.204. The van der Waals surface area contributed by atoms with Crippen LogP contribution in [0.15, 0.2) is 16.6 Å². The van der Waals surface area contributed by atoms with Gasteiger partial charge in [-0.1, -0.05) is 0 Å². The van der Waals surface area contributed by atoms with Gasteiger partial charge in [-0.3, -0.25) is 0 Å². The standard InChI is InChI=1S/C11H12BrF2N/c12-10-6-8(13)4-7(11(10)14)5-9-2-1-3-15-9/h4,6,9,15H,1-3,5H2. The molecule has 0 amide bonds. The monoisotopic (exact) mass is 275 g/mol. The Bertz CT molecular complexity index is 362. The highest BCUT2D eigenvalue weighted by Crippen LogP contribution is 2.23. The van der Waals surface area contributed by atoms with Gasteiger partial charge in [-0.15, -0.1) is 0 Å². The lowest BCUT2D eigenvalue weighted by atomic mass is 10.0. The van der Waals surface area contributed by atoms with Gasteiger partial charge in [0.25, 0.3) is 0 Å². The molecule has 0 saturated carbocycles. The van der Waals surface area contributed by atoms with Crippen LogP contribution < -0.4 is 5.32 Å². The van der Waals surface area contributed by atoms with E-state index in [1.165, 1.54) is 6.07 Å². The predicted octanol–water partition coefficient (Wildman–Crippen LogP) is 3.02. The summed E-state index contributed by atoms with van der Waals surface area (Å²) in [6.45, 7) is 0.975. The highest BCUT2D eigenvalue weighted by Gasteiger charge is 2.18. The Morgan fingerprint density at radius 2 is 2.20 bits per heavy atom. The summed E-state index contributed by atoms with van der Waals surface area (Å²) in [4.78, 5) is 0. The van der Waals surface area contributed by atoms with Crippen molar-refractivity contribution in [2.24, 2.45) is 0 Å². The molecule has 0 aromatic heterocycles. The van der Waals surface area contributed by atoms with Crippen LogP contribution in [0.5, 0.6) is 0 Å². The molecule has 15 heavy (non-hydrogen) atoms. The van der Waals surface area contributed by atoms with Crippen LogP contribution in [-0.4, -0.2) is 12.6 Å². The van der Waals surface area contributed by atoms with Crippen LogP contribution in [0.1, 0.15) is 18.4 Å². The summed E-state index contributed by atoms with van der Waals surface area (Å²) in [5, 5.41) is 3.27. The van der Waals surface area contributed by atoms with E-state index in [4.69, 9.17) is 0 Å². The van der Waals surface area contributed by atoms with Gasteiger partial charge in [0, 0.05) is 6.04 Å². The summed E-state index contributed by atoms with van der Waals surface area (Å²) in [6, 6.07) is 2.72. The summed E-state index contributed by atoms with van der Waals surface area (Å²) in [5.74, 6) is -0.735. The van der Waals surface area contributed by atoms with E-state index in [0.717, 1.165) is 25.5 Å². The van der Waals surface area contributed by atoms with Crippen LogP contribution >= 0.6 is 15.9 Å². The Labute approximate surface area is 96.0 Å². The zero-order chi connectivity index (χ0) is 10.8. The first-order valence-corrected chi connectivity index (χ1v) is 5.83. The Hall–Kier alpha value is -0.480. The van der Waals surface area contributed by atoms with E-state index in [1.807, 2.05) is 0 Å². The van der Waals surface area contributed by atoms with E-state index in [-0.39, 0.29) is 16.3 Å². The molecular weight excluding hydrogens is 264 g/mol. The lowest BCUT2D eigenvalue weighted by Crippen LogP contribution is -2.24. The number of halogens is 3. The van der Waals surface area contributed by atoms with Gasteiger partial charge in [0.2, 0.25) is 0 Å². The summed E-state index contributed by atoms with van der Waals surface area (Å²) in [6.07, 6.45) is 2.71. The third-order valence-corrected chi connectivity index (χ3v) is 3.27. The first-order valence-electron chi connectivity index (χ1n) is 5.03. The van der Waals surface area contributed by atoms with E-state index in [2.05, 4.69) is 21.2 Å².